The predicted molar refractivity (Wildman–Crippen MR) is 71.5 cm³/mol. The number of hydrogen-bond donors (Lipinski definition) is 1. The number of rotatable bonds is 12. The second kappa shape index (κ2) is 14.1. The highest BCUT2D eigenvalue weighted by atomic mass is 32.1. The van der Waals surface area contributed by atoms with Crippen molar-refractivity contribution in [2.24, 2.45) is 0 Å². The molecule has 0 rings (SSSR count). The van der Waals surface area contributed by atoms with Gasteiger partial charge in [0.1, 0.15) is 0 Å². The lowest BCUT2D eigenvalue weighted by atomic mass is 10.1. The number of hydrogen-bond acceptors (Lipinski definition) is 2. The van der Waals surface area contributed by atoms with Crippen LogP contribution in [0.1, 0.15) is 70.6 Å². The van der Waals surface area contributed by atoms with Crippen molar-refractivity contribution in [3.8, 4) is 0 Å². The summed E-state index contributed by atoms with van der Waals surface area (Å²) in [6.07, 6.45) is 14.1. The van der Waals surface area contributed by atoms with Gasteiger partial charge in [-0.2, -0.15) is 0 Å². The summed E-state index contributed by atoms with van der Waals surface area (Å²) in [6.45, 7) is 0.361. The van der Waals surface area contributed by atoms with E-state index in [-0.39, 0.29) is 0 Å². The molecule has 0 radical (unpaired) electrons. The first-order valence-corrected chi connectivity index (χ1v) is 6.93. The van der Waals surface area contributed by atoms with E-state index in [4.69, 9.17) is 17.3 Å². The van der Waals surface area contributed by atoms with Gasteiger partial charge in [0.2, 0.25) is 0 Å². The molecule has 0 fully saturated rings. The third-order valence-corrected chi connectivity index (χ3v) is 2.97. The van der Waals surface area contributed by atoms with Gasteiger partial charge in [-0.1, -0.05) is 63.6 Å². The first-order chi connectivity index (χ1) is 7.41. The molecule has 0 saturated heterocycles. The van der Waals surface area contributed by atoms with Gasteiger partial charge in [0.05, 0.1) is 0 Å². The van der Waals surface area contributed by atoms with Crippen LogP contribution in [0.25, 0.3) is 0 Å². The Morgan fingerprint density at radius 1 is 0.667 bits per heavy atom. The van der Waals surface area contributed by atoms with Crippen molar-refractivity contribution in [1.82, 2.24) is 0 Å². The van der Waals surface area contributed by atoms with E-state index in [2.05, 4.69) is 0 Å². The molecule has 0 aliphatic rings. The average Bonchev–Trinajstić information content (AvgIpc) is 2.26. The van der Waals surface area contributed by atoms with Gasteiger partial charge in [0.15, 0.2) is 0 Å². The molecule has 1 nitrogen and oxygen atoms in total. The molecule has 2 heteroatoms. The van der Waals surface area contributed by atoms with Crippen molar-refractivity contribution in [2.45, 2.75) is 70.6 Å². The Hall–Kier alpha value is 0.0500. The van der Waals surface area contributed by atoms with Gasteiger partial charge in [-0.3, -0.25) is 0 Å². The van der Waals surface area contributed by atoms with Gasteiger partial charge in [-0.15, -0.1) is 0 Å². The molecular formula is C13H26OS. The van der Waals surface area contributed by atoms with Crippen molar-refractivity contribution < 1.29 is 5.11 Å². The molecule has 0 saturated carbocycles. The molecule has 0 aliphatic heterocycles. The lowest BCUT2D eigenvalue weighted by Gasteiger charge is -2.01. The third-order valence-electron chi connectivity index (χ3n) is 2.73. The SMILES string of the molecule is OCCCCCCCCCCCCC=S. The molecule has 0 heterocycles. The van der Waals surface area contributed by atoms with Crippen LogP contribution in [0.4, 0.5) is 0 Å². The van der Waals surface area contributed by atoms with Gasteiger partial charge in [0, 0.05) is 6.61 Å². The zero-order valence-corrected chi connectivity index (χ0v) is 10.7. The van der Waals surface area contributed by atoms with E-state index < -0.39 is 0 Å². The Labute approximate surface area is 100 Å². The Kier molecular flexibility index (Phi) is 14.1. The number of thiocarbonyl (C=S) groups is 1. The van der Waals surface area contributed by atoms with Crippen molar-refractivity contribution in [1.29, 1.82) is 0 Å². The molecule has 0 bridgehead atoms. The summed E-state index contributed by atoms with van der Waals surface area (Å²) in [6, 6.07) is 0. The minimum absolute atomic E-state index is 0.361. The summed E-state index contributed by atoms with van der Waals surface area (Å²) in [4.78, 5) is 0. The topological polar surface area (TPSA) is 20.2 Å². The highest BCUT2D eigenvalue weighted by molar-refractivity contribution is 7.78. The Morgan fingerprint density at radius 2 is 1.07 bits per heavy atom. The predicted octanol–water partition coefficient (Wildman–Crippen LogP) is 4.27. The monoisotopic (exact) mass is 230 g/mol. The van der Waals surface area contributed by atoms with E-state index in [0.717, 1.165) is 12.8 Å². The maximum atomic E-state index is 8.60. The molecule has 0 atom stereocenters. The fraction of sp³-hybridized carbons (Fsp3) is 0.923. The number of aliphatic hydroxyl groups excluding tert-OH is 1. The van der Waals surface area contributed by atoms with Crippen molar-refractivity contribution in [2.75, 3.05) is 6.61 Å². The fourth-order valence-electron chi connectivity index (χ4n) is 1.75. The maximum Gasteiger partial charge on any atom is 0.0431 e. The second-order valence-corrected chi connectivity index (χ2v) is 4.55. The van der Waals surface area contributed by atoms with Crippen LogP contribution in [0.2, 0.25) is 0 Å². The standard InChI is InChI=1S/C13H26OS/c14-12-10-8-6-4-2-1-3-5-7-9-11-13-15/h13-14H,1-12H2. The fourth-order valence-corrected chi connectivity index (χ4v) is 1.92. The largest absolute Gasteiger partial charge is 0.396 e. The molecule has 0 spiro atoms. The quantitative estimate of drug-likeness (QED) is 0.399. The Bertz CT molecular complexity index is 126. The van der Waals surface area contributed by atoms with E-state index >= 15 is 0 Å². The Morgan fingerprint density at radius 3 is 1.47 bits per heavy atom. The zero-order chi connectivity index (χ0) is 11.2. The molecule has 0 aromatic rings. The molecule has 0 unspecified atom stereocenters. The Balaban J connectivity index is 2.83. The lowest BCUT2D eigenvalue weighted by molar-refractivity contribution is 0.282. The second-order valence-electron chi connectivity index (χ2n) is 4.21. The van der Waals surface area contributed by atoms with Crippen LogP contribution in [0.15, 0.2) is 0 Å². The zero-order valence-electron chi connectivity index (χ0n) is 9.92. The van der Waals surface area contributed by atoms with Crippen LogP contribution in [0, 0.1) is 0 Å². The molecule has 0 aliphatic carbocycles. The average molecular weight is 230 g/mol. The van der Waals surface area contributed by atoms with E-state index in [1.807, 2.05) is 5.37 Å². The lowest BCUT2D eigenvalue weighted by Crippen LogP contribution is -1.84. The molecule has 1 N–H and O–H groups in total. The van der Waals surface area contributed by atoms with Crippen LogP contribution < -0.4 is 0 Å². The van der Waals surface area contributed by atoms with Crippen LogP contribution in [-0.2, 0) is 0 Å². The molecule has 0 amide bonds. The normalized spacial score (nSPS) is 10.5. The minimum atomic E-state index is 0.361. The van der Waals surface area contributed by atoms with Gasteiger partial charge >= 0.3 is 0 Å². The van der Waals surface area contributed by atoms with Crippen molar-refractivity contribution in [3.05, 3.63) is 0 Å². The van der Waals surface area contributed by atoms with E-state index in [1.54, 1.807) is 0 Å². The smallest absolute Gasteiger partial charge is 0.0431 e. The number of aliphatic hydroxyl groups is 1. The summed E-state index contributed by atoms with van der Waals surface area (Å²) in [5.74, 6) is 0. The number of unbranched alkanes of at least 4 members (excludes halogenated alkanes) is 10. The van der Waals surface area contributed by atoms with E-state index in [9.17, 15) is 0 Å². The summed E-state index contributed by atoms with van der Waals surface area (Å²) >= 11 is 4.78. The molecular weight excluding hydrogens is 204 g/mol. The van der Waals surface area contributed by atoms with Crippen LogP contribution in [0.5, 0.6) is 0 Å². The third kappa shape index (κ3) is 14.1. The first kappa shape index (κ1) is 15.0. The van der Waals surface area contributed by atoms with Crippen molar-refractivity contribution >= 4 is 17.6 Å². The van der Waals surface area contributed by atoms with Gasteiger partial charge in [-0.25, -0.2) is 0 Å². The van der Waals surface area contributed by atoms with Gasteiger partial charge < -0.3 is 5.11 Å². The molecule has 0 aromatic carbocycles. The maximum absolute atomic E-state index is 8.60. The van der Waals surface area contributed by atoms with Crippen LogP contribution >= 0.6 is 12.2 Å². The van der Waals surface area contributed by atoms with Crippen LogP contribution in [-0.4, -0.2) is 17.1 Å². The highest BCUT2D eigenvalue weighted by Gasteiger charge is 1.92. The minimum Gasteiger partial charge on any atom is -0.396 e. The summed E-state index contributed by atoms with van der Waals surface area (Å²) in [5.41, 5.74) is 0. The van der Waals surface area contributed by atoms with Crippen LogP contribution in [0.3, 0.4) is 0 Å². The van der Waals surface area contributed by atoms with Crippen molar-refractivity contribution in [3.63, 3.8) is 0 Å². The first-order valence-electron chi connectivity index (χ1n) is 6.46. The molecule has 15 heavy (non-hydrogen) atoms. The molecule has 0 aromatic heterocycles. The van der Waals surface area contributed by atoms with E-state index in [1.165, 1.54) is 57.8 Å². The summed E-state index contributed by atoms with van der Waals surface area (Å²) in [5, 5.41) is 10.4. The molecule has 90 valence electrons. The summed E-state index contributed by atoms with van der Waals surface area (Å²) < 4.78 is 0. The van der Waals surface area contributed by atoms with E-state index in [0.29, 0.717) is 6.61 Å². The summed E-state index contributed by atoms with van der Waals surface area (Å²) in [7, 11) is 0. The van der Waals surface area contributed by atoms with Gasteiger partial charge in [-0.05, 0) is 24.6 Å². The van der Waals surface area contributed by atoms with Gasteiger partial charge in [0.25, 0.3) is 0 Å². The highest BCUT2D eigenvalue weighted by Crippen LogP contribution is 2.10.